The first-order valence-electron chi connectivity index (χ1n) is 8.49. The second-order valence-electron chi connectivity index (χ2n) is 5.97. The summed E-state index contributed by atoms with van der Waals surface area (Å²) in [6.07, 6.45) is 0. The number of amides is 1. The summed E-state index contributed by atoms with van der Waals surface area (Å²) in [5.74, 6) is 1.17. The highest BCUT2D eigenvalue weighted by Crippen LogP contribution is 2.35. The third-order valence-corrected chi connectivity index (χ3v) is 4.92. The minimum absolute atomic E-state index is 0.0829. The molecule has 0 bridgehead atoms. The summed E-state index contributed by atoms with van der Waals surface area (Å²) in [5.41, 5.74) is 1.81. The number of thioether (sulfide) groups is 1. The fourth-order valence-electron chi connectivity index (χ4n) is 2.64. The number of benzene rings is 2. The van der Waals surface area contributed by atoms with Crippen molar-refractivity contribution in [3.8, 4) is 22.8 Å². The van der Waals surface area contributed by atoms with E-state index in [-0.39, 0.29) is 24.1 Å². The molecule has 10 heteroatoms. The third kappa shape index (κ3) is 4.43. The molecule has 0 radical (unpaired) electrons. The average molecular weight is 410 g/mol. The van der Waals surface area contributed by atoms with Crippen LogP contribution in [-0.2, 0) is 4.79 Å². The Bertz CT molecular complexity index is 1070. The van der Waals surface area contributed by atoms with Crippen LogP contribution in [0.4, 0.5) is 11.4 Å². The van der Waals surface area contributed by atoms with E-state index in [1.165, 1.54) is 30.0 Å². The molecule has 0 unspecified atom stereocenters. The van der Waals surface area contributed by atoms with Crippen molar-refractivity contribution >= 4 is 29.0 Å². The Morgan fingerprint density at radius 2 is 1.97 bits per heavy atom. The topological polar surface area (TPSA) is 116 Å². The molecule has 0 spiro atoms. The van der Waals surface area contributed by atoms with Crippen molar-refractivity contribution < 1.29 is 19.2 Å². The van der Waals surface area contributed by atoms with Crippen LogP contribution in [0.15, 0.2) is 59.6 Å². The van der Waals surface area contributed by atoms with Gasteiger partial charge in [0.2, 0.25) is 12.7 Å². The van der Waals surface area contributed by atoms with Gasteiger partial charge in [-0.3, -0.25) is 14.9 Å². The average Bonchev–Trinajstić information content (AvgIpc) is 3.21. The number of hydrogen-bond donors (Lipinski definition) is 1. The third-order valence-electron chi connectivity index (χ3n) is 4.00. The molecule has 9 nitrogen and oxygen atoms in total. The zero-order valence-corrected chi connectivity index (χ0v) is 15.7. The van der Waals surface area contributed by atoms with E-state index < -0.39 is 4.92 Å². The van der Waals surface area contributed by atoms with E-state index in [0.29, 0.717) is 27.9 Å². The molecular formula is C19H14N4O5S. The molecule has 1 aromatic heterocycles. The Morgan fingerprint density at radius 1 is 1.10 bits per heavy atom. The predicted octanol–water partition coefficient (Wildman–Crippen LogP) is 3.51. The van der Waals surface area contributed by atoms with Gasteiger partial charge in [-0.05, 0) is 36.4 Å². The van der Waals surface area contributed by atoms with Gasteiger partial charge < -0.3 is 14.8 Å². The number of anilines is 1. The van der Waals surface area contributed by atoms with Crippen molar-refractivity contribution in [3.05, 3.63) is 64.7 Å². The first-order chi connectivity index (χ1) is 14.1. The van der Waals surface area contributed by atoms with Crippen molar-refractivity contribution in [2.45, 2.75) is 5.03 Å². The van der Waals surface area contributed by atoms with Crippen LogP contribution in [0.1, 0.15) is 0 Å². The molecule has 1 N–H and O–H groups in total. The Hall–Kier alpha value is -3.66. The lowest BCUT2D eigenvalue weighted by Crippen LogP contribution is -2.14. The quantitative estimate of drug-likeness (QED) is 0.373. The summed E-state index contributed by atoms with van der Waals surface area (Å²) in [5, 5.41) is 22.3. The Morgan fingerprint density at radius 3 is 2.76 bits per heavy atom. The number of nitro benzene ring substituents is 1. The molecule has 1 aliphatic heterocycles. The van der Waals surface area contributed by atoms with Crippen LogP contribution in [0.2, 0.25) is 0 Å². The molecular weight excluding hydrogens is 396 g/mol. The van der Waals surface area contributed by atoms with Crippen molar-refractivity contribution in [3.63, 3.8) is 0 Å². The fraction of sp³-hybridized carbons (Fsp3) is 0.105. The highest BCUT2D eigenvalue weighted by atomic mass is 32.2. The molecule has 3 aromatic rings. The maximum Gasteiger partial charge on any atom is 0.271 e. The number of rotatable bonds is 6. The largest absolute Gasteiger partial charge is 0.454 e. The van der Waals surface area contributed by atoms with Gasteiger partial charge in [0.05, 0.1) is 16.4 Å². The second-order valence-corrected chi connectivity index (χ2v) is 6.96. The van der Waals surface area contributed by atoms with Crippen LogP contribution in [0.3, 0.4) is 0 Å². The molecule has 146 valence electrons. The standard InChI is InChI=1S/C19H14N4O5S/c24-18(20-13-2-1-3-14(9-13)23(25)26)10-29-19-7-5-15(21-22-19)12-4-6-16-17(8-12)28-11-27-16/h1-9H,10-11H2,(H,20,24). The number of carbonyl (C=O) groups excluding carboxylic acids is 1. The lowest BCUT2D eigenvalue weighted by molar-refractivity contribution is -0.384. The summed E-state index contributed by atoms with van der Waals surface area (Å²) in [6, 6.07) is 14.9. The summed E-state index contributed by atoms with van der Waals surface area (Å²) >= 11 is 1.22. The molecule has 0 atom stereocenters. The molecule has 2 heterocycles. The Kier molecular flexibility index (Phi) is 5.25. The fourth-order valence-corrected chi connectivity index (χ4v) is 3.25. The normalized spacial score (nSPS) is 11.9. The van der Waals surface area contributed by atoms with Gasteiger partial charge in [-0.25, -0.2) is 0 Å². The number of nitrogens with one attached hydrogen (secondary N) is 1. The Labute approximate surface area is 169 Å². The first-order valence-corrected chi connectivity index (χ1v) is 9.48. The van der Waals surface area contributed by atoms with Crippen LogP contribution in [0, 0.1) is 10.1 Å². The smallest absolute Gasteiger partial charge is 0.271 e. The summed E-state index contributed by atoms with van der Waals surface area (Å²) in [6.45, 7) is 0.207. The minimum Gasteiger partial charge on any atom is -0.454 e. The number of carbonyl (C=O) groups is 1. The molecule has 29 heavy (non-hydrogen) atoms. The van der Waals surface area contributed by atoms with E-state index in [9.17, 15) is 14.9 Å². The van der Waals surface area contributed by atoms with E-state index in [1.54, 1.807) is 12.1 Å². The van der Waals surface area contributed by atoms with E-state index in [4.69, 9.17) is 9.47 Å². The highest BCUT2D eigenvalue weighted by molar-refractivity contribution is 7.99. The van der Waals surface area contributed by atoms with Gasteiger partial charge >= 0.3 is 0 Å². The van der Waals surface area contributed by atoms with Gasteiger partial charge in [-0.1, -0.05) is 17.8 Å². The first kappa shape index (κ1) is 18.7. The number of hydrogen-bond acceptors (Lipinski definition) is 8. The van der Waals surface area contributed by atoms with Gasteiger partial charge in [-0.2, -0.15) is 0 Å². The van der Waals surface area contributed by atoms with Crippen LogP contribution >= 0.6 is 11.8 Å². The van der Waals surface area contributed by atoms with Gasteiger partial charge in [0.25, 0.3) is 5.69 Å². The van der Waals surface area contributed by atoms with Gasteiger partial charge in [0.15, 0.2) is 11.5 Å². The molecule has 2 aromatic carbocycles. The summed E-state index contributed by atoms with van der Waals surface area (Å²) in [7, 11) is 0. The van der Waals surface area contributed by atoms with Crippen molar-refractivity contribution in [2.24, 2.45) is 0 Å². The minimum atomic E-state index is -0.512. The molecule has 1 amide bonds. The van der Waals surface area contributed by atoms with Gasteiger partial charge in [-0.15, -0.1) is 10.2 Å². The molecule has 4 rings (SSSR count). The monoisotopic (exact) mass is 410 g/mol. The maximum atomic E-state index is 12.1. The van der Waals surface area contributed by atoms with E-state index in [1.807, 2.05) is 24.3 Å². The van der Waals surface area contributed by atoms with Crippen LogP contribution in [0.5, 0.6) is 11.5 Å². The zero-order chi connectivity index (χ0) is 20.2. The number of non-ortho nitro benzene ring substituents is 1. The van der Waals surface area contributed by atoms with Gasteiger partial charge in [0, 0.05) is 23.4 Å². The number of fused-ring (bicyclic) bond motifs is 1. The lowest BCUT2D eigenvalue weighted by atomic mass is 10.1. The van der Waals surface area contributed by atoms with Crippen molar-refractivity contribution in [2.75, 3.05) is 17.9 Å². The lowest BCUT2D eigenvalue weighted by Gasteiger charge is -2.05. The summed E-state index contributed by atoms with van der Waals surface area (Å²) in [4.78, 5) is 22.4. The number of aromatic nitrogens is 2. The van der Waals surface area contributed by atoms with E-state index in [0.717, 1.165) is 5.56 Å². The molecule has 0 saturated heterocycles. The van der Waals surface area contributed by atoms with Gasteiger partial charge in [0.1, 0.15) is 5.03 Å². The zero-order valence-electron chi connectivity index (χ0n) is 14.9. The highest BCUT2D eigenvalue weighted by Gasteiger charge is 2.15. The second kappa shape index (κ2) is 8.15. The maximum absolute atomic E-state index is 12.1. The molecule has 0 saturated carbocycles. The molecule has 0 fully saturated rings. The van der Waals surface area contributed by atoms with Crippen molar-refractivity contribution in [1.29, 1.82) is 0 Å². The molecule has 1 aliphatic rings. The van der Waals surface area contributed by atoms with E-state index >= 15 is 0 Å². The number of nitrogens with zero attached hydrogens (tertiary/aromatic N) is 3. The molecule has 0 aliphatic carbocycles. The van der Waals surface area contributed by atoms with E-state index in [2.05, 4.69) is 15.5 Å². The number of ether oxygens (including phenoxy) is 2. The van der Waals surface area contributed by atoms with Crippen LogP contribution < -0.4 is 14.8 Å². The van der Waals surface area contributed by atoms with Crippen molar-refractivity contribution in [1.82, 2.24) is 10.2 Å². The Balaban J connectivity index is 1.35. The van der Waals surface area contributed by atoms with Crippen LogP contribution in [0.25, 0.3) is 11.3 Å². The SMILES string of the molecule is O=C(CSc1ccc(-c2ccc3c(c2)OCO3)nn1)Nc1cccc([N+](=O)[O-])c1. The predicted molar refractivity (Wildman–Crippen MR) is 106 cm³/mol. The van der Waals surface area contributed by atoms with Crippen LogP contribution in [-0.4, -0.2) is 33.6 Å². The summed E-state index contributed by atoms with van der Waals surface area (Å²) < 4.78 is 10.7. The number of nitro groups is 1.